The van der Waals surface area contributed by atoms with Gasteiger partial charge >= 0.3 is 0 Å². The van der Waals surface area contributed by atoms with Crippen molar-refractivity contribution >= 4 is 11.8 Å². The fourth-order valence-corrected chi connectivity index (χ4v) is 2.92. The standard InChI is InChI=1S/C19H21N3O4/c1-25-16-7-6-14(13-17(16)26-2)18(23)21-9-11-22(12-10-21)19(24)15-5-3-4-8-20-15/h3-8,13H,9-12H2,1-2H3. The third-order valence-electron chi connectivity index (χ3n) is 4.37. The van der Waals surface area contributed by atoms with Crippen molar-refractivity contribution < 1.29 is 19.1 Å². The Morgan fingerprint density at radius 1 is 0.885 bits per heavy atom. The smallest absolute Gasteiger partial charge is 0.272 e. The average Bonchev–Trinajstić information content (AvgIpc) is 2.73. The molecule has 7 heteroatoms. The molecule has 1 aliphatic rings. The molecule has 1 aliphatic heterocycles. The molecule has 0 atom stereocenters. The van der Waals surface area contributed by atoms with Gasteiger partial charge in [0.15, 0.2) is 11.5 Å². The summed E-state index contributed by atoms with van der Waals surface area (Å²) in [6.45, 7) is 1.92. The summed E-state index contributed by atoms with van der Waals surface area (Å²) in [6.07, 6.45) is 1.60. The maximum Gasteiger partial charge on any atom is 0.272 e. The van der Waals surface area contributed by atoms with Gasteiger partial charge in [0.25, 0.3) is 11.8 Å². The summed E-state index contributed by atoms with van der Waals surface area (Å²) in [5.41, 5.74) is 0.958. The van der Waals surface area contributed by atoms with E-state index in [2.05, 4.69) is 4.98 Å². The predicted molar refractivity (Wildman–Crippen MR) is 95.6 cm³/mol. The van der Waals surface area contributed by atoms with Crippen LogP contribution in [0.15, 0.2) is 42.6 Å². The van der Waals surface area contributed by atoms with Crippen LogP contribution in [0.1, 0.15) is 20.8 Å². The molecular formula is C19H21N3O4. The van der Waals surface area contributed by atoms with E-state index in [1.54, 1.807) is 59.5 Å². The van der Waals surface area contributed by atoms with E-state index in [1.165, 1.54) is 7.11 Å². The zero-order valence-corrected chi connectivity index (χ0v) is 14.8. The zero-order valence-electron chi connectivity index (χ0n) is 14.8. The van der Waals surface area contributed by atoms with Crippen molar-refractivity contribution in [3.05, 3.63) is 53.9 Å². The lowest BCUT2D eigenvalue weighted by Crippen LogP contribution is -2.50. The predicted octanol–water partition coefficient (Wildman–Crippen LogP) is 1.70. The Morgan fingerprint density at radius 2 is 1.54 bits per heavy atom. The lowest BCUT2D eigenvalue weighted by Gasteiger charge is -2.34. The molecule has 0 unspecified atom stereocenters. The van der Waals surface area contributed by atoms with Crippen LogP contribution in [-0.2, 0) is 0 Å². The number of amides is 2. The largest absolute Gasteiger partial charge is 0.493 e. The molecule has 26 heavy (non-hydrogen) atoms. The van der Waals surface area contributed by atoms with Gasteiger partial charge in [-0.15, -0.1) is 0 Å². The molecule has 1 aromatic carbocycles. The molecule has 1 aromatic heterocycles. The van der Waals surface area contributed by atoms with Crippen LogP contribution in [0, 0.1) is 0 Å². The van der Waals surface area contributed by atoms with Gasteiger partial charge in [0.2, 0.25) is 0 Å². The first kappa shape index (κ1) is 17.7. The maximum atomic E-state index is 12.7. The van der Waals surface area contributed by atoms with Crippen molar-refractivity contribution in [1.29, 1.82) is 0 Å². The molecule has 2 heterocycles. The highest BCUT2D eigenvalue weighted by Crippen LogP contribution is 2.28. The molecule has 0 bridgehead atoms. The van der Waals surface area contributed by atoms with Crippen molar-refractivity contribution in [2.45, 2.75) is 0 Å². The SMILES string of the molecule is COc1ccc(C(=O)N2CCN(C(=O)c3ccccn3)CC2)cc1OC. The lowest BCUT2D eigenvalue weighted by atomic mass is 10.1. The van der Waals surface area contributed by atoms with Gasteiger partial charge < -0.3 is 19.3 Å². The number of aromatic nitrogens is 1. The van der Waals surface area contributed by atoms with Crippen LogP contribution in [0.5, 0.6) is 11.5 Å². The molecule has 136 valence electrons. The van der Waals surface area contributed by atoms with Crippen LogP contribution in [0.3, 0.4) is 0 Å². The fraction of sp³-hybridized carbons (Fsp3) is 0.316. The monoisotopic (exact) mass is 355 g/mol. The topological polar surface area (TPSA) is 72.0 Å². The Morgan fingerprint density at radius 3 is 2.12 bits per heavy atom. The highest BCUT2D eigenvalue weighted by Gasteiger charge is 2.26. The minimum atomic E-state index is -0.108. The van der Waals surface area contributed by atoms with Crippen molar-refractivity contribution in [3.8, 4) is 11.5 Å². The number of methoxy groups -OCH3 is 2. The molecule has 1 saturated heterocycles. The van der Waals surface area contributed by atoms with Crippen LogP contribution >= 0.6 is 0 Å². The van der Waals surface area contributed by atoms with Crippen molar-refractivity contribution in [2.24, 2.45) is 0 Å². The number of hydrogen-bond donors (Lipinski definition) is 0. The van der Waals surface area contributed by atoms with Crippen LogP contribution < -0.4 is 9.47 Å². The number of ether oxygens (including phenoxy) is 2. The molecule has 2 amide bonds. The van der Waals surface area contributed by atoms with Crippen LogP contribution in [-0.4, -0.2) is 67.0 Å². The Bertz CT molecular complexity index is 787. The number of carbonyl (C=O) groups excluding carboxylic acids is 2. The summed E-state index contributed by atoms with van der Waals surface area (Å²) >= 11 is 0. The number of piperazine rings is 1. The quantitative estimate of drug-likeness (QED) is 0.835. The summed E-state index contributed by atoms with van der Waals surface area (Å²) in [4.78, 5) is 32.7. The average molecular weight is 355 g/mol. The number of nitrogens with zero attached hydrogens (tertiary/aromatic N) is 3. The first-order valence-electron chi connectivity index (χ1n) is 8.35. The van der Waals surface area contributed by atoms with Gasteiger partial charge in [-0.1, -0.05) is 6.07 Å². The Labute approximate surface area is 152 Å². The number of carbonyl (C=O) groups is 2. The molecule has 0 radical (unpaired) electrons. The van der Waals surface area contributed by atoms with Crippen molar-refractivity contribution in [2.75, 3.05) is 40.4 Å². The number of pyridine rings is 1. The van der Waals surface area contributed by atoms with Crippen molar-refractivity contribution in [1.82, 2.24) is 14.8 Å². The molecule has 2 aromatic rings. The fourth-order valence-electron chi connectivity index (χ4n) is 2.92. The molecular weight excluding hydrogens is 334 g/mol. The van der Waals surface area contributed by atoms with E-state index in [-0.39, 0.29) is 11.8 Å². The molecule has 0 aliphatic carbocycles. The molecule has 0 N–H and O–H groups in total. The first-order valence-corrected chi connectivity index (χ1v) is 8.35. The Balaban J connectivity index is 1.64. The summed E-state index contributed by atoms with van der Waals surface area (Å²) < 4.78 is 10.5. The molecule has 0 saturated carbocycles. The summed E-state index contributed by atoms with van der Waals surface area (Å²) in [5, 5.41) is 0. The van der Waals surface area contributed by atoms with Crippen LogP contribution in [0.2, 0.25) is 0 Å². The minimum Gasteiger partial charge on any atom is -0.493 e. The summed E-state index contributed by atoms with van der Waals surface area (Å²) in [6, 6.07) is 10.4. The molecule has 1 fully saturated rings. The van der Waals surface area contributed by atoms with E-state index >= 15 is 0 Å². The van der Waals surface area contributed by atoms with E-state index in [0.717, 1.165) is 0 Å². The van der Waals surface area contributed by atoms with Gasteiger partial charge in [0.1, 0.15) is 5.69 Å². The van der Waals surface area contributed by atoms with E-state index < -0.39 is 0 Å². The van der Waals surface area contributed by atoms with Gasteiger partial charge in [0.05, 0.1) is 14.2 Å². The lowest BCUT2D eigenvalue weighted by molar-refractivity contribution is 0.0532. The van der Waals surface area contributed by atoms with E-state index in [1.807, 2.05) is 0 Å². The molecule has 7 nitrogen and oxygen atoms in total. The molecule has 0 spiro atoms. The third-order valence-corrected chi connectivity index (χ3v) is 4.37. The summed E-state index contributed by atoms with van der Waals surface area (Å²) in [7, 11) is 3.09. The zero-order chi connectivity index (χ0) is 18.5. The Kier molecular flexibility index (Phi) is 5.36. The second kappa shape index (κ2) is 7.86. The van der Waals surface area contributed by atoms with Crippen LogP contribution in [0.4, 0.5) is 0 Å². The summed E-state index contributed by atoms with van der Waals surface area (Å²) in [5.74, 6) is 0.900. The first-order chi connectivity index (χ1) is 12.6. The van der Waals surface area contributed by atoms with Gasteiger partial charge in [-0.3, -0.25) is 14.6 Å². The van der Waals surface area contributed by atoms with Gasteiger partial charge in [-0.05, 0) is 30.3 Å². The Hall–Kier alpha value is -3.09. The van der Waals surface area contributed by atoms with Gasteiger partial charge in [0, 0.05) is 37.9 Å². The van der Waals surface area contributed by atoms with E-state index in [4.69, 9.17) is 9.47 Å². The minimum absolute atomic E-state index is 0.0871. The van der Waals surface area contributed by atoms with Gasteiger partial charge in [-0.25, -0.2) is 0 Å². The highest BCUT2D eigenvalue weighted by atomic mass is 16.5. The highest BCUT2D eigenvalue weighted by molar-refractivity contribution is 5.95. The second-order valence-corrected chi connectivity index (χ2v) is 5.87. The normalized spacial score (nSPS) is 14.1. The molecule has 3 rings (SSSR count). The van der Waals surface area contributed by atoms with Gasteiger partial charge in [-0.2, -0.15) is 0 Å². The van der Waals surface area contributed by atoms with Crippen LogP contribution in [0.25, 0.3) is 0 Å². The third kappa shape index (κ3) is 3.61. The second-order valence-electron chi connectivity index (χ2n) is 5.87. The number of benzene rings is 1. The number of rotatable bonds is 4. The number of hydrogen-bond acceptors (Lipinski definition) is 5. The van der Waals surface area contributed by atoms with E-state index in [0.29, 0.717) is 48.9 Å². The van der Waals surface area contributed by atoms with E-state index in [9.17, 15) is 9.59 Å². The maximum absolute atomic E-state index is 12.7. The van der Waals surface area contributed by atoms with Crippen molar-refractivity contribution in [3.63, 3.8) is 0 Å².